The lowest BCUT2D eigenvalue weighted by Crippen LogP contribution is -2.08. The highest BCUT2D eigenvalue weighted by Crippen LogP contribution is 2.16. The van der Waals surface area contributed by atoms with Gasteiger partial charge < -0.3 is 9.30 Å². The van der Waals surface area contributed by atoms with E-state index in [-0.39, 0.29) is 0 Å². The maximum absolute atomic E-state index is 11.4. The molecule has 2 rings (SSSR count). The van der Waals surface area contributed by atoms with Crippen LogP contribution < -0.4 is 0 Å². The Morgan fingerprint density at radius 2 is 2.20 bits per heavy atom. The van der Waals surface area contributed by atoms with Crippen LogP contribution in [0.1, 0.15) is 16.2 Å². The molecule has 4 nitrogen and oxygen atoms in total. The van der Waals surface area contributed by atoms with E-state index < -0.39 is 5.97 Å². The predicted molar refractivity (Wildman–Crippen MR) is 56.8 cm³/mol. The molecule has 2 aromatic rings. The van der Waals surface area contributed by atoms with Gasteiger partial charge in [-0.2, -0.15) is 0 Å². The van der Waals surface area contributed by atoms with E-state index in [4.69, 9.17) is 0 Å². The van der Waals surface area contributed by atoms with Gasteiger partial charge in [-0.1, -0.05) is 6.07 Å². The van der Waals surface area contributed by atoms with E-state index in [2.05, 4.69) is 9.72 Å². The van der Waals surface area contributed by atoms with Gasteiger partial charge in [0.05, 0.1) is 18.1 Å². The van der Waals surface area contributed by atoms with Crippen LogP contribution in [0.4, 0.5) is 0 Å². The largest absolute Gasteiger partial charge is 0.463 e. The average Bonchev–Trinajstić information content (AvgIpc) is 2.54. The van der Waals surface area contributed by atoms with E-state index in [1.54, 1.807) is 11.6 Å². The zero-order valence-electron chi connectivity index (χ0n) is 8.94. The molecule has 0 aliphatic heterocycles. The van der Waals surface area contributed by atoms with Crippen molar-refractivity contribution >= 4 is 17.0 Å². The molecule has 78 valence electrons. The van der Waals surface area contributed by atoms with Crippen molar-refractivity contribution in [3.63, 3.8) is 0 Å². The number of fused-ring (bicyclic) bond motifs is 1. The second-order valence-corrected chi connectivity index (χ2v) is 3.48. The van der Waals surface area contributed by atoms with E-state index in [1.165, 1.54) is 7.11 Å². The van der Waals surface area contributed by atoms with Gasteiger partial charge in [0.1, 0.15) is 0 Å². The first-order chi connectivity index (χ1) is 7.13. The Balaban J connectivity index is 2.69. The van der Waals surface area contributed by atoms with Gasteiger partial charge >= 0.3 is 5.97 Å². The van der Waals surface area contributed by atoms with Gasteiger partial charge in [0.2, 0.25) is 5.82 Å². The fraction of sp³-hybridized carbons (Fsp3) is 0.273. The molecule has 0 amide bonds. The third-order valence-electron chi connectivity index (χ3n) is 2.40. The SMILES string of the molecule is COC(=O)c1nc2cc(C)ccc2n1C. The summed E-state index contributed by atoms with van der Waals surface area (Å²) in [6, 6.07) is 5.89. The van der Waals surface area contributed by atoms with Crippen molar-refractivity contribution in [2.45, 2.75) is 6.92 Å². The van der Waals surface area contributed by atoms with Crippen LogP contribution in [0.25, 0.3) is 11.0 Å². The number of hydrogen-bond acceptors (Lipinski definition) is 3. The molecule has 0 fully saturated rings. The lowest BCUT2D eigenvalue weighted by molar-refractivity contribution is 0.0583. The normalized spacial score (nSPS) is 10.6. The molecule has 0 unspecified atom stereocenters. The lowest BCUT2D eigenvalue weighted by atomic mass is 10.2. The first kappa shape index (κ1) is 9.71. The smallest absolute Gasteiger partial charge is 0.374 e. The third kappa shape index (κ3) is 1.48. The monoisotopic (exact) mass is 204 g/mol. The Kier molecular flexibility index (Phi) is 2.19. The number of nitrogens with zero attached hydrogens (tertiary/aromatic N) is 2. The first-order valence-corrected chi connectivity index (χ1v) is 4.65. The highest BCUT2D eigenvalue weighted by molar-refractivity contribution is 5.91. The van der Waals surface area contributed by atoms with E-state index in [0.717, 1.165) is 16.6 Å². The number of rotatable bonds is 1. The summed E-state index contributed by atoms with van der Waals surface area (Å²) >= 11 is 0. The molecule has 0 atom stereocenters. The van der Waals surface area contributed by atoms with Gasteiger partial charge in [0.15, 0.2) is 0 Å². The van der Waals surface area contributed by atoms with Crippen molar-refractivity contribution in [2.24, 2.45) is 7.05 Å². The molecular weight excluding hydrogens is 192 g/mol. The number of imidazole rings is 1. The maximum Gasteiger partial charge on any atom is 0.374 e. The number of esters is 1. The summed E-state index contributed by atoms with van der Waals surface area (Å²) in [5, 5.41) is 0. The zero-order valence-corrected chi connectivity index (χ0v) is 8.94. The Labute approximate surface area is 87.5 Å². The summed E-state index contributed by atoms with van der Waals surface area (Å²) in [4.78, 5) is 15.6. The minimum Gasteiger partial charge on any atom is -0.463 e. The summed E-state index contributed by atoms with van der Waals surface area (Å²) < 4.78 is 6.39. The molecule has 0 spiro atoms. The highest BCUT2D eigenvalue weighted by Gasteiger charge is 2.15. The zero-order chi connectivity index (χ0) is 11.0. The molecule has 1 heterocycles. The van der Waals surface area contributed by atoms with Gasteiger partial charge in [-0.25, -0.2) is 9.78 Å². The minimum absolute atomic E-state index is 0.332. The Bertz CT molecular complexity index is 529. The summed E-state index contributed by atoms with van der Waals surface area (Å²) in [7, 11) is 3.16. The average molecular weight is 204 g/mol. The number of aromatic nitrogens is 2. The lowest BCUT2D eigenvalue weighted by Gasteiger charge is -1.99. The van der Waals surface area contributed by atoms with Crippen LogP contribution in [0.5, 0.6) is 0 Å². The third-order valence-corrected chi connectivity index (χ3v) is 2.40. The molecular formula is C11H12N2O2. The molecule has 1 aromatic heterocycles. The molecule has 15 heavy (non-hydrogen) atoms. The van der Waals surface area contributed by atoms with E-state index >= 15 is 0 Å². The molecule has 0 radical (unpaired) electrons. The van der Waals surface area contributed by atoms with Gasteiger partial charge in [-0.05, 0) is 24.6 Å². The Morgan fingerprint density at radius 3 is 2.87 bits per heavy atom. The van der Waals surface area contributed by atoms with E-state index in [1.807, 2.05) is 25.1 Å². The summed E-state index contributed by atoms with van der Waals surface area (Å²) in [6.45, 7) is 1.99. The molecule has 4 heteroatoms. The highest BCUT2D eigenvalue weighted by atomic mass is 16.5. The Morgan fingerprint density at radius 1 is 1.47 bits per heavy atom. The molecule has 0 bridgehead atoms. The van der Waals surface area contributed by atoms with Crippen LogP contribution in [-0.2, 0) is 11.8 Å². The van der Waals surface area contributed by atoms with Crippen molar-refractivity contribution in [1.29, 1.82) is 0 Å². The number of methoxy groups -OCH3 is 1. The summed E-state index contributed by atoms with van der Waals surface area (Å²) in [6.07, 6.45) is 0. The van der Waals surface area contributed by atoms with Gasteiger partial charge in [-0.3, -0.25) is 0 Å². The van der Waals surface area contributed by atoms with Crippen LogP contribution in [0.15, 0.2) is 18.2 Å². The van der Waals surface area contributed by atoms with Gasteiger partial charge in [-0.15, -0.1) is 0 Å². The number of hydrogen-bond donors (Lipinski definition) is 0. The van der Waals surface area contributed by atoms with Crippen LogP contribution in [-0.4, -0.2) is 22.6 Å². The molecule has 0 aliphatic rings. The summed E-state index contributed by atoms with van der Waals surface area (Å²) in [5.74, 6) is -0.0792. The van der Waals surface area contributed by atoms with E-state index in [9.17, 15) is 4.79 Å². The number of carbonyl (C=O) groups is 1. The molecule has 1 aromatic carbocycles. The van der Waals surface area contributed by atoms with Crippen molar-refractivity contribution in [2.75, 3.05) is 7.11 Å². The molecule has 0 aliphatic carbocycles. The fourth-order valence-electron chi connectivity index (χ4n) is 1.58. The number of benzene rings is 1. The molecule has 0 N–H and O–H groups in total. The van der Waals surface area contributed by atoms with Crippen LogP contribution in [0.2, 0.25) is 0 Å². The Hall–Kier alpha value is -1.84. The maximum atomic E-state index is 11.4. The van der Waals surface area contributed by atoms with Crippen LogP contribution in [0.3, 0.4) is 0 Å². The minimum atomic E-state index is -0.411. The topological polar surface area (TPSA) is 44.1 Å². The molecule has 0 saturated carbocycles. The van der Waals surface area contributed by atoms with Gasteiger partial charge in [0, 0.05) is 7.05 Å². The van der Waals surface area contributed by atoms with Crippen LogP contribution >= 0.6 is 0 Å². The number of ether oxygens (including phenoxy) is 1. The standard InChI is InChI=1S/C11H12N2O2/c1-7-4-5-9-8(6-7)12-10(13(9)2)11(14)15-3/h4-6H,1-3H3. The van der Waals surface area contributed by atoms with Gasteiger partial charge in [0.25, 0.3) is 0 Å². The first-order valence-electron chi connectivity index (χ1n) is 4.65. The van der Waals surface area contributed by atoms with Crippen molar-refractivity contribution < 1.29 is 9.53 Å². The second-order valence-electron chi connectivity index (χ2n) is 3.48. The second kappa shape index (κ2) is 3.38. The van der Waals surface area contributed by atoms with Crippen molar-refractivity contribution in [3.8, 4) is 0 Å². The predicted octanol–water partition coefficient (Wildman–Crippen LogP) is 1.67. The molecule has 0 saturated heterocycles. The van der Waals surface area contributed by atoms with Crippen molar-refractivity contribution in [3.05, 3.63) is 29.6 Å². The van der Waals surface area contributed by atoms with Crippen LogP contribution in [0, 0.1) is 6.92 Å². The fourth-order valence-corrected chi connectivity index (χ4v) is 1.58. The summed E-state index contributed by atoms with van der Waals surface area (Å²) in [5.41, 5.74) is 2.87. The number of aryl methyl sites for hydroxylation is 2. The quantitative estimate of drug-likeness (QED) is 0.664. The van der Waals surface area contributed by atoms with E-state index in [0.29, 0.717) is 5.82 Å². The number of carbonyl (C=O) groups excluding carboxylic acids is 1. The van der Waals surface area contributed by atoms with Crippen molar-refractivity contribution in [1.82, 2.24) is 9.55 Å².